The van der Waals surface area contributed by atoms with Crippen LogP contribution in [0, 0.1) is 12.7 Å². The molecule has 0 aliphatic heterocycles. The van der Waals surface area contributed by atoms with Gasteiger partial charge >= 0.3 is 0 Å². The van der Waals surface area contributed by atoms with E-state index in [1.165, 1.54) is 11.0 Å². The van der Waals surface area contributed by atoms with E-state index in [1.807, 2.05) is 38.1 Å². The third-order valence-electron chi connectivity index (χ3n) is 5.30. The van der Waals surface area contributed by atoms with Crippen LogP contribution in [0.15, 0.2) is 42.5 Å². The van der Waals surface area contributed by atoms with Crippen molar-refractivity contribution in [1.82, 2.24) is 10.2 Å². The fourth-order valence-corrected chi connectivity index (χ4v) is 4.40. The molecule has 0 aliphatic carbocycles. The average Bonchev–Trinajstić information content (AvgIpc) is 2.76. The second kappa shape index (κ2) is 12.2. The second-order valence-electron chi connectivity index (χ2n) is 8.20. The Balaban J connectivity index is 2.37. The van der Waals surface area contributed by atoms with E-state index in [4.69, 9.17) is 11.6 Å². The summed E-state index contributed by atoms with van der Waals surface area (Å²) in [6, 6.07) is 10.1. The maximum absolute atomic E-state index is 13.6. The van der Waals surface area contributed by atoms with Gasteiger partial charge in [0.05, 0.1) is 17.0 Å². The fraction of sp³-hybridized carbons (Fsp3) is 0.417. The topological polar surface area (TPSA) is 86.8 Å². The van der Waals surface area contributed by atoms with Gasteiger partial charge in [-0.25, -0.2) is 12.8 Å². The Kier molecular flexibility index (Phi) is 9.88. The van der Waals surface area contributed by atoms with E-state index < -0.39 is 34.3 Å². The van der Waals surface area contributed by atoms with Gasteiger partial charge < -0.3 is 10.2 Å². The fourth-order valence-electron chi connectivity index (χ4n) is 3.38. The molecule has 0 saturated carbocycles. The Bertz CT molecular complexity index is 1130. The van der Waals surface area contributed by atoms with Gasteiger partial charge in [0.25, 0.3) is 0 Å². The van der Waals surface area contributed by atoms with Crippen molar-refractivity contribution >= 4 is 39.1 Å². The minimum absolute atomic E-state index is 0.0535. The van der Waals surface area contributed by atoms with Gasteiger partial charge in [0, 0.05) is 13.1 Å². The number of anilines is 1. The minimum Gasteiger partial charge on any atom is -0.354 e. The van der Waals surface area contributed by atoms with Gasteiger partial charge in [0.2, 0.25) is 21.8 Å². The highest BCUT2D eigenvalue weighted by Crippen LogP contribution is 2.25. The molecule has 7 nitrogen and oxygen atoms in total. The van der Waals surface area contributed by atoms with Gasteiger partial charge in [-0.1, -0.05) is 54.8 Å². The monoisotopic (exact) mass is 511 g/mol. The van der Waals surface area contributed by atoms with E-state index in [1.54, 1.807) is 6.92 Å². The summed E-state index contributed by atoms with van der Waals surface area (Å²) >= 11 is 5.84. The van der Waals surface area contributed by atoms with Gasteiger partial charge in [-0.2, -0.15) is 0 Å². The van der Waals surface area contributed by atoms with Crippen molar-refractivity contribution < 1.29 is 22.4 Å². The van der Waals surface area contributed by atoms with E-state index in [2.05, 4.69) is 5.32 Å². The number of benzene rings is 2. The molecule has 2 aromatic carbocycles. The molecule has 0 spiro atoms. The summed E-state index contributed by atoms with van der Waals surface area (Å²) in [5.41, 5.74) is 1.85. The molecule has 0 aliphatic rings. The molecule has 0 saturated heterocycles. The number of aryl methyl sites for hydroxylation is 1. The van der Waals surface area contributed by atoms with Crippen LogP contribution in [0.2, 0.25) is 5.02 Å². The third kappa shape index (κ3) is 7.70. The van der Waals surface area contributed by atoms with Gasteiger partial charge in [-0.3, -0.25) is 13.9 Å². The number of nitrogens with one attached hydrogen (secondary N) is 1. The van der Waals surface area contributed by atoms with Crippen molar-refractivity contribution in [1.29, 1.82) is 0 Å². The molecule has 0 aromatic heterocycles. The maximum atomic E-state index is 13.6. The Hall–Kier alpha value is -2.65. The Morgan fingerprint density at radius 3 is 2.47 bits per heavy atom. The molecule has 0 radical (unpaired) electrons. The van der Waals surface area contributed by atoms with Crippen LogP contribution in [0.25, 0.3) is 0 Å². The highest BCUT2D eigenvalue weighted by atomic mass is 35.5. The lowest BCUT2D eigenvalue weighted by Gasteiger charge is -2.31. The number of nitrogens with zero attached hydrogens (tertiary/aromatic N) is 2. The van der Waals surface area contributed by atoms with Crippen LogP contribution in [0.4, 0.5) is 10.1 Å². The zero-order valence-corrected chi connectivity index (χ0v) is 21.4. The summed E-state index contributed by atoms with van der Waals surface area (Å²) in [4.78, 5) is 27.5. The van der Waals surface area contributed by atoms with Crippen LogP contribution < -0.4 is 9.62 Å². The van der Waals surface area contributed by atoms with Crippen LogP contribution >= 0.6 is 11.6 Å². The first-order valence-corrected chi connectivity index (χ1v) is 13.2. The van der Waals surface area contributed by atoms with Crippen LogP contribution in [0.1, 0.15) is 37.8 Å². The van der Waals surface area contributed by atoms with E-state index >= 15 is 0 Å². The lowest BCUT2D eigenvalue weighted by Crippen LogP contribution is -2.51. The van der Waals surface area contributed by atoms with Crippen molar-refractivity contribution in [2.45, 2.75) is 46.2 Å². The number of amides is 2. The highest BCUT2D eigenvalue weighted by Gasteiger charge is 2.30. The first kappa shape index (κ1) is 27.6. The van der Waals surface area contributed by atoms with Crippen molar-refractivity contribution in [3.8, 4) is 0 Å². The number of unbranched alkanes of at least 4 members (excludes halogenated alkanes) is 1. The molecule has 2 aromatic rings. The second-order valence-corrected chi connectivity index (χ2v) is 10.5. The van der Waals surface area contributed by atoms with Crippen LogP contribution in [-0.2, 0) is 26.2 Å². The molecule has 1 unspecified atom stereocenters. The first-order chi connectivity index (χ1) is 15.9. The summed E-state index contributed by atoms with van der Waals surface area (Å²) in [6.45, 7) is 5.55. The van der Waals surface area contributed by atoms with Crippen molar-refractivity contribution in [2.24, 2.45) is 0 Å². The van der Waals surface area contributed by atoms with E-state index in [0.717, 1.165) is 46.7 Å². The summed E-state index contributed by atoms with van der Waals surface area (Å²) in [6.07, 6.45) is 2.66. The number of hydrogen-bond donors (Lipinski definition) is 1. The van der Waals surface area contributed by atoms with Crippen LogP contribution in [0.5, 0.6) is 0 Å². The molecule has 0 bridgehead atoms. The average molecular weight is 512 g/mol. The molecule has 186 valence electrons. The minimum atomic E-state index is -3.92. The van der Waals surface area contributed by atoms with Crippen LogP contribution in [-0.4, -0.2) is 50.5 Å². The van der Waals surface area contributed by atoms with E-state index in [9.17, 15) is 22.4 Å². The number of hydrogen-bond acceptors (Lipinski definition) is 4. The Labute approximate surface area is 205 Å². The van der Waals surface area contributed by atoms with Gasteiger partial charge in [-0.05, 0) is 44.0 Å². The molecule has 10 heteroatoms. The molecule has 1 atom stereocenters. The van der Waals surface area contributed by atoms with Crippen molar-refractivity contribution in [3.05, 3.63) is 64.4 Å². The largest absolute Gasteiger partial charge is 0.354 e. The summed E-state index contributed by atoms with van der Waals surface area (Å²) in [5.74, 6) is -1.61. The third-order valence-corrected chi connectivity index (χ3v) is 6.73. The molecular weight excluding hydrogens is 481 g/mol. The predicted molar refractivity (Wildman–Crippen MR) is 133 cm³/mol. The number of halogens is 2. The Morgan fingerprint density at radius 2 is 1.88 bits per heavy atom. The van der Waals surface area contributed by atoms with Gasteiger partial charge in [0.1, 0.15) is 18.4 Å². The quantitative estimate of drug-likeness (QED) is 0.464. The molecule has 0 fully saturated rings. The van der Waals surface area contributed by atoms with Gasteiger partial charge in [-0.15, -0.1) is 0 Å². The van der Waals surface area contributed by atoms with E-state index in [0.29, 0.717) is 6.54 Å². The van der Waals surface area contributed by atoms with E-state index in [-0.39, 0.29) is 23.2 Å². The van der Waals surface area contributed by atoms with Gasteiger partial charge in [0.15, 0.2) is 0 Å². The molecule has 2 rings (SSSR count). The smallest absolute Gasteiger partial charge is 0.244 e. The number of rotatable bonds is 11. The molecule has 0 heterocycles. The zero-order valence-electron chi connectivity index (χ0n) is 19.8. The molecule has 34 heavy (non-hydrogen) atoms. The standard InChI is InChI=1S/C24H31ClFN3O4S/c1-5-6-12-27-24(31)18(3)28(15-19-9-7-8-17(2)13-19)23(30)16-29(34(4,32)33)20-10-11-22(26)21(25)14-20/h7-11,13-14,18H,5-6,12,15-16H2,1-4H3,(H,27,31). The summed E-state index contributed by atoms with van der Waals surface area (Å²) in [5, 5.41) is 2.56. The number of carbonyl (C=O) groups excluding carboxylic acids is 2. The number of carbonyl (C=O) groups is 2. The lowest BCUT2D eigenvalue weighted by atomic mass is 10.1. The van der Waals surface area contributed by atoms with Crippen molar-refractivity contribution in [2.75, 3.05) is 23.7 Å². The summed E-state index contributed by atoms with van der Waals surface area (Å²) in [7, 11) is -3.92. The zero-order chi connectivity index (χ0) is 25.5. The summed E-state index contributed by atoms with van der Waals surface area (Å²) < 4.78 is 39.5. The maximum Gasteiger partial charge on any atom is 0.244 e. The van der Waals surface area contributed by atoms with Crippen LogP contribution in [0.3, 0.4) is 0 Å². The highest BCUT2D eigenvalue weighted by molar-refractivity contribution is 7.92. The van der Waals surface area contributed by atoms with Crippen molar-refractivity contribution in [3.63, 3.8) is 0 Å². The normalized spacial score (nSPS) is 12.2. The lowest BCUT2D eigenvalue weighted by molar-refractivity contribution is -0.139. The Morgan fingerprint density at radius 1 is 1.18 bits per heavy atom. The molecule has 1 N–H and O–H groups in total. The molecule has 2 amide bonds. The number of sulfonamides is 1. The first-order valence-electron chi connectivity index (χ1n) is 11.0. The predicted octanol–water partition coefficient (Wildman–Crippen LogP) is 3.89. The SMILES string of the molecule is CCCCNC(=O)C(C)N(Cc1cccc(C)c1)C(=O)CN(c1ccc(F)c(Cl)c1)S(C)(=O)=O. The molecular formula is C24H31ClFN3O4S.